The van der Waals surface area contributed by atoms with Gasteiger partial charge in [0.15, 0.2) is 6.61 Å². The van der Waals surface area contributed by atoms with Crippen molar-refractivity contribution in [1.82, 2.24) is 9.80 Å². The Bertz CT molecular complexity index is 704. The third-order valence-corrected chi connectivity index (χ3v) is 6.97. The third-order valence-electron chi connectivity index (χ3n) is 6.97. The zero-order valence-electron chi connectivity index (χ0n) is 17.3. The molecule has 0 unspecified atom stereocenters. The van der Waals surface area contributed by atoms with E-state index in [2.05, 4.69) is 0 Å². The summed E-state index contributed by atoms with van der Waals surface area (Å²) >= 11 is 0. The maximum Gasteiger partial charge on any atom is 0.260 e. The van der Waals surface area contributed by atoms with E-state index in [9.17, 15) is 9.59 Å². The fraction of sp³-hybridized carbons (Fsp3) is 0.652. The molecule has 3 fully saturated rings. The van der Waals surface area contributed by atoms with Crippen molar-refractivity contribution in [2.45, 2.75) is 38.1 Å². The fourth-order valence-corrected chi connectivity index (χ4v) is 5.16. The number of hydrogen-bond donors (Lipinski definition) is 0. The van der Waals surface area contributed by atoms with Crippen LogP contribution < -0.4 is 4.74 Å². The number of carbonyl (C=O) groups is 2. The minimum atomic E-state index is 0.0578. The highest BCUT2D eigenvalue weighted by molar-refractivity contribution is 5.79. The molecule has 3 atom stereocenters. The quantitative estimate of drug-likeness (QED) is 0.762. The Morgan fingerprint density at radius 1 is 1.10 bits per heavy atom. The van der Waals surface area contributed by atoms with Crippen LogP contribution in [0.25, 0.3) is 0 Å². The van der Waals surface area contributed by atoms with Crippen molar-refractivity contribution < 1.29 is 19.1 Å². The second kappa shape index (κ2) is 9.16. The van der Waals surface area contributed by atoms with Crippen LogP contribution in [-0.4, -0.2) is 67.6 Å². The third kappa shape index (κ3) is 4.74. The Hall–Kier alpha value is -2.08. The molecule has 3 aliphatic rings. The smallest absolute Gasteiger partial charge is 0.260 e. The molecule has 0 radical (unpaired) electrons. The number of carbonyl (C=O) groups excluding carboxylic acids is 2. The molecule has 2 amide bonds. The summed E-state index contributed by atoms with van der Waals surface area (Å²) in [5, 5.41) is 0. The van der Waals surface area contributed by atoms with E-state index in [0.29, 0.717) is 31.1 Å². The lowest BCUT2D eigenvalue weighted by Crippen LogP contribution is -2.44. The van der Waals surface area contributed by atoms with Crippen molar-refractivity contribution >= 4 is 11.8 Å². The van der Waals surface area contributed by atoms with Gasteiger partial charge in [-0.15, -0.1) is 0 Å². The van der Waals surface area contributed by atoms with E-state index in [-0.39, 0.29) is 24.3 Å². The summed E-state index contributed by atoms with van der Waals surface area (Å²) in [5.74, 6) is 2.28. The Kier molecular flexibility index (Phi) is 6.38. The van der Waals surface area contributed by atoms with Gasteiger partial charge < -0.3 is 19.3 Å². The normalized spacial score (nSPS) is 27.3. The average molecular weight is 401 g/mol. The first-order valence-electron chi connectivity index (χ1n) is 10.9. The largest absolute Gasteiger partial charge is 0.484 e. The summed E-state index contributed by atoms with van der Waals surface area (Å²) in [6, 6.07) is 9.78. The predicted octanol–water partition coefficient (Wildman–Crippen LogP) is 2.58. The molecule has 0 N–H and O–H groups in total. The van der Waals surface area contributed by atoms with Gasteiger partial charge in [-0.2, -0.15) is 0 Å². The fourth-order valence-electron chi connectivity index (χ4n) is 5.16. The van der Waals surface area contributed by atoms with Gasteiger partial charge in [0.25, 0.3) is 5.91 Å². The molecule has 1 saturated carbocycles. The molecule has 2 saturated heterocycles. The van der Waals surface area contributed by atoms with Gasteiger partial charge in [0.2, 0.25) is 5.91 Å². The molecule has 4 rings (SSSR count). The summed E-state index contributed by atoms with van der Waals surface area (Å²) in [7, 11) is 1.97. The molecule has 158 valence electrons. The van der Waals surface area contributed by atoms with Gasteiger partial charge in [-0.3, -0.25) is 9.59 Å². The minimum absolute atomic E-state index is 0.0578. The lowest BCUT2D eigenvalue weighted by atomic mass is 9.89. The van der Waals surface area contributed by atoms with E-state index in [4.69, 9.17) is 9.47 Å². The van der Waals surface area contributed by atoms with Crippen molar-refractivity contribution in [3.8, 4) is 5.75 Å². The topological polar surface area (TPSA) is 59.1 Å². The predicted molar refractivity (Wildman–Crippen MR) is 109 cm³/mol. The second-order valence-electron chi connectivity index (χ2n) is 8.71. The molecule has 2 heterocycles. The summed E-state index contributed by atoms with van der Waals surface area (Å²) in [6.07, 6.45) is 4.77. The molecule has 1 aliphatic carbocycles. The zero-order valence-corrected chi connectivity index (χ0v) is 17.3. The molecule has 0 bridgehead atoms. The summed E-state index contributed by atoms with van der Waals surface area (Å²) in [4.78, 5) is 29.4. The second-order valence-corrected chi connectivity index (χ2v) is 8.71. The molecule has 1 aromatic carbocycles. The minimum Gasteiger partial charge on any atom is -0.484 e. The van der Waals surface area contributed by atoms with E-state index in [1.165, 1.54) is 0 Å². The van der Waals surface area contributed by atoms with E-state index in [1.54, 1.807) is 0 Å². The number of piperidine rings is 1. The van der Waals surface area contributed by atoms with Gasteiger partial charge in [-0.1, -0.05) is 18.2 Å². The molecular formula is C23H32N2O4. The number of benzene rings is 1. The van der Waals surface area contributed by atoms with Gasteiger partial charge in [-0.25, -0.2) is 0 Å². The number of hydrogen-bond acceptors (Lipinski definition) is 4. The standard InChI is InChI=1S/C23H32N2O4/c1-24(23(27)17-8-11-28-12-9-17)20-13-18-7-10-25(15-19(18)14-20)22(26)16-29-21-5-3-2-4-6-21/h2-6,17-20H,7-16H2,1H3/t18-,19-,20+/m1/s1. The van der Waals surface area contributed by atoms with E-state index < -0.39 is 0 Å². The van der Waals surface area contributed by atoms with E-state index >= 15 is 0 Å². The Morgan fingerprint density at radius 2 is 1.83 bits per heavy atom. The lowest BCUT2D eigenvalue weighted by Gasteiger charge is -2.34. The number of rotatable bonds is 5. The van der Waals surface area contributed by atoms with Crippen LogP contribution >= 0.6 is 0 Å². The monoisotopic (exact) mass is 400 g/mol. The van der Waals surface area contributed by atoms with Gasteiger partial charge in [-0.05, 0) is 56.1 Å². The summed E-state index contributed by atoms with van der Waals surface area (Å²) in [5.41, 5.74) is 0. The number of para-hydroxylation sites is 1. The maximum atomic E-state index is 12.9. The molecule has 0 aromatic heterocycles. The Labute approximate surface area is 173 Å². The number of ether oxygens (including phenoxy) is 2. The lowest BCUT2D eigenvalue weighted by molar-refractivity contribution is -0.139. The Morgan fingerprint density at radius 3 is 2.59 bits per heavy atom. The molecule has 29 heavy (non-hydrogen) atoms. The van der Waals surface area contributed by atoms with E-state index in [0.717, 1.165) is 50.9 Å². The van der Waals surface area contributed by atoms with Crippen LogP contribution in [0.15, 0.2) is 30.3 Å². The van der Waals surface area contributed by atoms with Gasteiger partial charge >= 0.3 is 0 Å². The van der Waals surface area contributed by atoms with Gasteiger partial charge in [0.05, 0.1) is 0 Å². The number of fused-ring (bicyclic) bond motifs is 1. The molecule has 1 aromatic rings. The van der Waals surface area contributed by atoms with Crippen molar-refractivity contribution in [2.75, 3.05) is 40.0 Å². The summed E-state index contributed by atoms with van der Waals surface area (Å²) in [6.45, 7) is 3.07. The number of amides is 2. The van der Waals surface area contributed by atoms with Gasteiger partial charge in [0.1, 0.15) is 5.75 Å². The van der Waals surface area contributed by atoms with Gasteiger partial charge in [0, 0.05) is 45.3 Å². The molecule has 6 nitrogen and oxygen atoms in total. The van der Waals surface area contributed by atoms with Crippen LogP contribution in [0.5, 0.6) is 5.75 Å². The molecule has 0 spiro atoms. The highest BCUT2D eigenvalue weighted by atomic mass is 16.5. The first-order chi connectivity index (χ1) is 14.1. The highest BCUT2D eigenvalue weighted by Crippen LogP contribution is 2.40. The van der Waals surface area contributed by atoms with E-state index in [1.807, 2.05) is 47.2 Å². The van der Waals surface area contributed by atoms with Crippen LogP contribution in [0.2, 0.25) is 0 Å². The zero-order chi connectivity index (χ0) is 20.2. The van der Waals surface area contributed by atoms with Crippen LogP contribution in [0.1, 0.15) is 32.1 Å². The first kappa shape index (κ1) is 20.2. The number of likely N-dealkylation sites (tertiary alicyclic amines) is 1. The van der Waals surface area contributed by atoms with Crippen LogP contribution in [0, 0.1) is 17.8 Å². The molecular weight excluding hydrogens is 368 g/mol. The first-order valence-corrected chi connectivity index (χ1v) is 10.9. The van der Waals surface area contributed by atoms with Crippen molar-refractivity contribution in [3.05, 3.63) is 30.3 Å². The van der Waals surface area contributed by atoms with Crippen LogP contribution in [-0.2, 0) is 14.3 Å². The van der Waals surface area contributed by atoms with Crippen molar-refractivity contribution in [1.29, 1.82) is 0 Å². The maximum absolute atomic E-state index is 12.9. The Balaban J connectivity index is 1.27. The highest BCUT2D eigenvalue weighted by Gasteiger charge is 2.42. The van der Waals surface area contributed by atoms with Crippen molar-refractivity contribution in [3.63, 3.8) is 0 Å². The average Bonchev–Trinajstić information content (AvgIpc) is 3.21. The van der Waals surface area contributed by atoms with Crippen LogP contribution in [0.4, 0.5) is 0 Å². The molecule has 2 aliphatic heterocycles. The SMILES string of the molecule is CN(C(=O)C1CCOCC1)[C@H]1C[C@H]2CCN(C(=O)COc3ccccc3)C[C@H]2C1. The van der Waals surface area contributed by atoms with Crippen molar-refractivity contribution in [2.24, 2.45) is 17.8 Å². The van der Waals surface area contributed by atoms with Crippen LogP contribution in [0.3, 0.4) is 0 Å². The number of nitrogens with zero attached hydrogens (tertiary/aromatic N) is 2. The summed E-state index contributed by atoms with van der Waals surface area (Å²) < 4.78 is 11.0. The molecule has 6 heteroatoms.